The molecule has 0 saturated carbocycles. The number of carbonyl (C=O) groups is 1. The zero-order valence-corrected chi connectivity index (χ0v) is 10.2. The fourth-order valence-electron chi connectivity index (χ4n) is 1.57. The number of hydrogen-bond donors (Lipinski definition) is 0. The van der Waals surface area contributed by atoms with Crippen LogP contribution in [0.5, 0.6) is 0 Å². The molecule has 0 aliphatic carbocycles. The van der Waals surface area contributed by atoms with Crippen LogP contribution in [0, 0.1) is 0 Å². The van der Waals surface area contributed by atoms with E-state index in [9.17, 15) is 18.0 Å². The normalized spacial score (nSPS) is 11.4. The molecule has 98 valence electrons. The summed E-state index contributed by atoms with van der Waals surface area (Å²) in [4.78, 5) is 14.3. The number of halogens is 4. The van der Waals surface area contributed by atoms with Gasteiger partial charge in [-0.15, -0.1) is 0 Å². The number of rotatable bonds is 2. The largest absolute Gasteiger partial charge is 0.416 e. The Hall–Kier alpha value is -1.88. The van der Waals surface area contributed by atoms with E-state index in [1.165, 1.54) is 24.4 Å². The van der Waals surface area contributed by atoms with Crippen molar-refractivity contribution in [1.82, 2.24) is 4.98 Å². The molecule has 2 rings (SSSR count). The van der Waals surface area contributed by atoms with Gasteiger partial charge in [-0.05, 0) is 23.8 Å². The average molecular weight is 286 g/mol. The predicted octanol–water partition coefficient (Wildman–Crippen LogP) is 4.23. The van der Waals surface area contributed by atoms with E-state index in [1.807, 2.05) is 0 Å². The van der Waals surface area contributed by atoms with Gasteiger partial charge in [-0.3, -0.25) is 9.78 Å². The van der Waals surface area contributed by atoms with E-state index in [2.05, 4.69) is 4.98 Å². The maximum atomic E-state index is 12.6. The molecule has 6 heteroatoms. The highest BCUT2D eigenvalue weighted by atomic mass is 35.5. The number of carbonyl (C=O) groups excluding carboxylic acids is 1. The van der Waals surface area contributed by atoms with Crippen molar-refractivity contribution < 1.29 is 18.0 Å². The van der Waals surface area contributed by atoms with Crippen molar-refractivity contribution in [3.8, 4) is 11.1 Å². The van der Waals surface area contributed by atoms with Crippen molar-refractivity contribution >= 4 is 17.9 Å². The minimum Gasteiger partial charge on any atom is -0.296 e. The summed E-state index contributed by atoms with van der Waals surface area (Å²) in [6.07, 6.45) is -2.61. The molecule has 0 spiro atoms. The minimum atomic E-state index is -4.41. The molecule has 0 saturated heterocycles. The highest BCUT2D eigenvalue weighted by Gasteiger charge is 2.30. The van der Waals surface area contributed by atoms with Crippen molar-refractivity contribution in [1.29, 1.82) is 0 Å². The van der Waals surface area contributed by atoms with Crippen LogP contribution in [0.2, 0.25) is 5.02 Å². The van der Waals surface area contributed by atoms with Gasteiger partial charge in [-0.25, -0.2) is 0 Å². The van der Waals surface area contributed by atoms with Crippen LogP contribution >= 0.6 is 11.6 Å². The first-order valence-corrected chi connectivity index (χ1v) is 5.58. The Morgan fingerprint density at radius 3 is 2.47 bits per heavy atom. The standard InChI is InChI=1S/C13H7ClF3NO/c14-11-5-9(6-18-12(11)7-19)8-2-1-3-10(4-8)13(15,16)17/h1-7H. The summed E-state index contributed by atoms with van der Waals surface area (Å²) in [6.45, 7) is 0. The lowest BCUT2D eigenvalue weighted by molar-refractivity contribution is -0.137. The van der Waals surface area contributed by atoms with E-state index >= 15 is 0 Å². The van der Waals surface area contributed by atoms with Gasteiger partial charge in [0.05, 0.1) is 10.6 Å². The Bertz CT molecular complexity index is 626. The second kappa shape index (κ2) is 5.01. The number of nitrogens with zero attached hydrogens (tertiary/aromatic N) is 1. The second-order valence-corrected chi connectivity index (χ2v) is 4.19. The highest BCUT2D eigenvalue weighted by Crippen LogP contribution is 2.32. The van der Waals surface area contributed by atoms with Crippen LogP contribution in [0.1, 0.15) is 16.1 Å². The van der Waals surface area contributed by atoms with Crippen LogP contribution in [-0.4, -0.2) is 11.3 Å². The summed E-state index contributed by atoms with van der Waals surface area (Å²) in [6, 6.07) is 6.23. The molecule has 0 fully saturated rings. The number of aromatic nitrogens is 1. The van der Waals surface area contributed by atoms with Crippen LogP contribution in [-0.2, 0) is 6.18 Å². The lowest BCUT2D eigenvalue weighted by Gasteiger charge is -2.09. The Morgan fingerprint density at radius 2 is 1.89 bits per heavy atom. The fourth-order valence-corrected chi connectivity index (χ4v) is 1.78. The van der Waals surface area contributed by atoms with Gasteiger partial charge in [0.25, 0.3) is 0 Å². The molecule has 1 aromatic heterocycles. The van der Waals surface area contributed by atoms with Crippen LogP contribution < -0.4 is 0 Å². The van der Waals surface area contributed by atoms with Gasteiger partial charge in [-0.1, -0.05) is 23.7 Å². The van der Waals surface area contributed by atoms with Crippen LogP contribution in [0.4, 0.5) is 13.2 Å². The van der Waals surface area contributed by atoms with Gasteiger partial charge in [-0.2, -0.15) is 13.2 Å². The van der Waals surface area contributed by atoms with Crippen molar-refractivity contribution in [3.05, 3.63) is 52.8 Å². The van der Waals surface area contributed by atoms with E-state index in [1.54, 1.807) is 0 Å². The molecular formula is C13H7ClF3NO. The van der Waals surface area contributed by atoms with Crippen molar-refractivity contribution in [2.24, 2.45) is 0 Å². The van der Waals surface area contributed by atoms with Crippen LogP contribution in [0.25, 0.3) is 11.1 Å². The third kappa shape index (κ3) is 2.93. The molecule has 0 amide bonds. The van der Waals surface area contributed by atoms with E-state index in [4.69, 9.17) is 11.6 Å². The monoisotopic (exact) mass is 285 g/mol. The number of pyridine rings is 1. The van der Waals surface area contributed by atoms with Gasteiger partial charge in [0.2, 0.25) is 0 Å². The van der Waals surface area contributed by atoms with Gasteiger partial charge in [0.1, 0.15) is 5.69 Å². The molecule has 0 bridgehead atoms. The molecule has 19 heavy (non-hydrogen) atoms. The van der Waals surface area contributed by atoms with Gasteiger partial charge < -0.3 is 0 Å². The first kappa shape index (κ1) is 13.5. The second-order valence-electron chi connectivity index (χ2n) is 3.79. The Balaban J connectivity index is 2.48. The van der Waals surface area contributed by atoms with E-state index < -0.39 is 11.7 Å². The van der Waals surface area contributed by atoms with E-state index in [0.29, 0.717) is 17.4 Å². The molecule has 0 atom stereocenters. The predicted molar refractivity (Wildman–Crippen MR) is 65.1 cm³/mol. The summed E-state index contributed by atoms with van der Waals surface area (Å²) in [5, 5.41) is 0.102. The van der Waals surface area contributed by atoms with E-state index in [-0.39, 0.29) is 10.7 Å². The fraction of sp³-hybridized carbons (Fsp3) is 0.0769. The van der Waals surface area contributed by atoms with Crippen LogP contribution in [0.15, 0.2) is 36.5 Å². The maximum Gasteiger partial charge on any atom is 0.416 e. The zero-order chi connectivity index (χ0) is 14.0. The SMILES string of the molecule is O=Cc1ncc(-c2cccc(C(F)(F)F)c2)cc1Cl. The molecule has 2 aromatic rings. The Morgan fingerprint density at radius 1 is 1.16 bits per heavy atom. The maximum absolute atomic E-state index is 12.6. The molecule has 1 heterocycles. The summed E-state index contributed by atoms with van der Waals surface area (Å²) in [5.74, 6) is 0. The van der Waals surface area contributed by atoms with Crippen LogP contribution in [0.3, 0.4) is 0 Å². The summed E-state index contributed by atoms with van der Waals surface area (Å²) < 4.78 is 37.8. The number of hydrogen-bond acceptors (Lipinski definition) is 2. The number of benzene rings is 1. The summed E-state index contributed by atoms with van der Waals surface area (Å²) in [7, 11) is 0. The molecule has 2 nitrogen and oxygen atoms in total. The summed E-state index contributed by atoms with van der Waals surface area (Å²) in [5.41, 5.74) is 0.0568. The summed E-state index contributed by atoms with van der Waals surface area (Å²) >= 11 is 5.79. The van der Waals surface area contributed by atoms with E-state index in [0.717, 1.165) is 12.1 Å². The quantitative estimate of drug-likeness (QED) is 0.773. The molecule has 1 aromatic carbocycles. The van der Waals surface area contributed by atoms with Crippen molar-refractivity contribution in [3.63, 3.8) is 0 Å². The van der Waals surface area contributed by atoms with Gasteiger partial charge in [0, 0.05) is 11.8 Å². The lowest BCUT2D eigenvalue weighted by atomic mass is 10.0. The smallest absolute Gasteiger partial charge is 0.296 e. The number of aldehydes is 1. The molecule has 0 aliphatic heterocycles. The molecule has 0 radical (unpaired) electrons. The third-order valence-electron chi connectivity index (χ3n) is 2.50. The van der Waals surface area contributed by atoms with Crippen molar-refractivity contribution in [2.45, 2.75) is 6.18 Å². The Kier molecular flexibility index (Phi) is 3.57. The minimum absolute atomic E-state index is 0.0531. The molecule has 0 aliphatic rings. The topological polar surface area (TPSA) is 30.0 Å². The number of alkyl halides is 3. The first-order valence-electron chi connectivity index (χ1n) is 5.20. The van der Waals surface area contributed by atoms with Gasteiger partial charge in [0.15, 0.2) is 6.29 Å². The lowest BCUT2D eigenvalue weighted by Crippen LogP contribution is -2.04. The molecule has 0 N–H and O–H groups in total. The first-order chi connectivity index (χ1) is 8.91. The molecular weight excluding hydrogens is 279 g/mol. The van der Waals surface area contributed by atoms with Gasteiger partial charge >= 0.3 is 6.18 Å². The van der Waals surface area contributed by atoms with Crippen molar-refractivity contribution in [2.75, 3.05) is 0 Å². The average Bonchev–Trinajstić information content (AvgIpc) is 2.38. The Labute approximate surface area is 111 Å². The molecule has 0 unspecified atom stereocenters. The zero-order valence-electron chi connectivity index (χ0n) is 9.41. The third-order valence-corrected chi connectivity index (χ3v) is 2.81. The highest BCUT2D eigenvalue weighted by molar-refractivity contribution is 6.32.